The van der Waals surface area contributed by atoms with E-state index in [0.29, 0.717) is 11.1 Å². The first-order valence-electron chi connectivity index (χ1n) is 11.0. The van der Waals surface area contributed by atoms with Crippen molar-refractivity contribution in [3.63, 3.8) is 0 Å². The molecule has 0 atom stereocenters. The Morgan fingerprint density at radius 3 is 2.03 bits per heavy atom. The molecule has 6 heteroatoms. The average molecular weight is 454 g/mol. The topological polar surface area (TPSA) is 75.8 Å². The summed E-state index contributed by atoms with van der Waals surface area (Å²) < 4.78 is 7.35. The lowest BCUT2D eigenvalue weighted by atomic mass is 9.85. The Morgan fingerprint density at radius 2 is 1.50 bits per heavy atom. The van der Waals surface area contributed by atoms with E-state index in [1.165, 1.54) is 0 Å². The molecule has 0 bridgehead atoms. The van der Waals surface area contributed by atoms with Gasteiger partial charge in [-0.15, -0.1) is 0 Å². The number of amides is 1. The van der Waals surface area contributed by atoms with Crippen LogP contribution in [-0.4, -0.2) is 28.9 Å². The highest BCUT2D eigenvalue weighted by molar-refractivity contribution is 5.91. The van der Waals surface area contributed by atoms with Crippen molar-refractivity contribution >= 4 is 12.1 Å². The number of aryl methyl sites for hydroxylation is 1. The number of carbonyl (C=O) groups is 1. The number of nitrogens with one attached hydrogen (secondary N) is 1. The third-order valence-electron chi connectivity index (χ3n) is 5.88. The van der Waals surface area contributed by atoms with Crippen LogP contribution in [0.1, 0.15) is 28.1 Å². The molecule has 4 rings (SSSR count). The van der Waals surface area contributed by atoms with Gasteiger partial charge in [0.25, 0.3) is 5.91 Å². The van der Waals surface area contributed by atoms with Gasteiger partial charge in [0.05, 0.1) is 13.3 Å². The summed E-state index contributed by atoms with van der Waals surface area (Å²) >= 11 is 0. The van der Waals surface area contributed by atoms with E-state index in [1.807, 2.05) is 56.3 Å². The van der Waals surface area contributed by atoms with Crippen molar-refractivity contribution in [1.29, 1.82) is 0 Å². The summed E-state index contributed by atoms with van der Waals surface area (Å²) in [7, 11) is 1.64. The van der Waals surface area contributed by atoms with Gasteiger partial charge in [-0.25, -0.2) is 5.43 Å². The Hall–Kier alpha value is -4.16. The molecule has 172 valence electrons. The lowest BCUT2D eigenvalue weighted by Gasteiger charge is -2.27. The van der Waals surface area contributed by atoms with Gasteiger partial charge in [-0.1, -0.05) is 60.7 Å². The summed E-state index contributed by atoms with van der Waals surface area (Å²) in [6, 6.07) is 27.5. The summed E-state index contributed by atoms with van der Waals surface area (Å²) in [6.07, 6.45) is 1.59. The second-order valence-corrected chi connectivity index (χ2v) is 8.00. The normalized spacial score (nSPS) is 11.5. The van der Waals surface area contributed by atoms with Crippen LogP contribution in [0, 0.1) is 13.8 Å². The number of hydrazone groups is 1. The van der Waals surface area contributed by atoms with Crippen molar-refractivity contribution in [2.24, 2.45) is 5.10 Å². The quantitative estimate of drug-likeness (QED) is 0.320. The molecule has 0 aliphatic carbocycles. The summed E-state index contributed by atoms with van der Waals surface area (Å²) in [5.41, 5.74) is 5.45. The predicted octanol–water partition coefficient (Wildman–Crippen LogP) is 4.49. The Bertz CT molecular complexity index is 1250. The molecule has 1 aromatic heterocycles. The second kappa shape index (κ2) is 9.77. The van der Waals surface area contributed by atoms with Crippen LogP contribution in [0.15, 0.2) is 96.1 Å². The van der Waals surface area contributed by atoms with Gasteiger partial charge in [0.1, 0.15) is 5.75 Å². The lowest BCUT2D eigenvalue weighted by Crippen LogP contribution is -2.43. The molecule has 0 radical (unpaired) electrons. The molecule has 0 saturated heterocycles. The molecule has 34 heavy (non-hydrogen) atoms. The summed E-state index contributed by atoms with van der Waals surface area (Å²) in [4.78, 5) is 13.2. The molecule has 2 N–H and O–H groups in total. The highest BCUT2D eigenvalue weighted by Crippen LogP contribution is 2.30. The van der Waals surface area contributed by atoms with Crippen LogP contribution in [0.4, 0.5) is 0 Å². The van der Waals surface area contributed by atoms with E-state index in [2.05, 4.69) is 15.1 Å². The Morgan fingerprint density at radius 1 is 0.941 bits per heavy atom. The number of aliphatic hydroxyl groups is 1. The minimum absolute atomic E-state index is 0.464. The van der Waals surface area contributed by atoms with Gasteiger partial charge < -0.3 is 14.4 Å². The van der Waals surface area contributed by atoms with Crippen molar-refractivity contribution in [2.75, 3.05) is 7.11 Å². The van der Waals surface area contributed by atoms with Gasteiger partial charge in [0.2, 0.25) is 0 Å². The van der Waals surface area contributed by atoms with Crippen molar-refractivity contribution in [3.8, 4) is 11.4 Å². The molecule has 0 unspecified atom stereocenters. The number of methoxy groups -OCH3 is 1. The zero-order chi connectivity index (χ0) is 24.1. The Balaban J connectivity index is 1.59. The van der Waals surface area contributed by atoms with Crippen molar-refractivity contribution in [2.45, 2.75) is 19.4 Å². The Kier molecular flexibility index (Phi) is 6.61. The number of hydrogen-bond donors (Lipinski definition) is 2. The van der Waals surface area contributed by atoms with Crippen molar-refractivity contribution in [1.82, 2.24) is 9.99 Å². The molecule has 1 heterocycles. The van der Waals surface area contributed by atoms with Gasteiger partial charge in [-0.3, -0.25) is 4.79 Å². The fourth-order valence-corrected chi connectivity index (χ4v) is 4.08. The standard InChI is InChI=1S/C28H27N3O3/c1-20-18-22(21(2)31(20)25-14-16-26(34-3)17-15-25)19-29-30-27(32)28(33,23-10-6-4-7-11-23)24-12-8-5-9-13-24/h4-19,33H,1-3H3,(H,30,32)/b29-19+. The third-order valence-corrected chi connectivity index (χ3v) is 5.88. The Labute approximate surface area is 199 Å². The zero-order valence-electron chi connectivity index (χ0n) is 19.4. The minimum atomic E-state index is -1.88. The van der Waals surface area contributed by atoms with Gasteiger partial charge in [-0.05, 0) is 55.3 Å². The largest absolute Gasteiger partial charge is 0.497 e. The zero-order valence-corrected chi connectivity index (χ0v) is 19.4. The number of aromatic nitrogens is 1. The van der Waals surface area contributed by atoms with Gasteiger partial charge in [0, 0.05) is 22.6 Å². The maximum Gasteiger partial charge on any atom is 0.281 e. The van der Waals surface area contributed by atoms with Crippen LogP contribution < -0.4 is 10.2 Å². The second-order valence-electron chi connectivity index (χ2n) is 8.00. The first-order valence-corrected chi connectivity index (χ1v) is 11.0. The number of ether oxygens (including phenoxy) is 1. The SMILES string of the molecule is COc1ccc(-n2c(C)cc(/C=N/NC(=O)C(O)(c3ccccc3)c3ccccc3)c2C)cc1. The molecular formula is C28H27N3O3. The molecule has 0 fully saturated rings. The molecule has 0 aliphatic heterocycles. The van der Waals surface area contributed by atoms with E-state index in [0.717, 1.165) is 28.4 Å². The van der Waals surface area contributed by atoms with Crippen LogP contribution in [0.25, 0.3) is 5.69 Å². The molecule has 0 saturated carbocycles. The number of benzene rings is 3. The van der Waals surface area contributed by atoms with Crippen LogP contribution in [0.2, 0.25) is 0 Å². The van der Waals surface area contributed by atoms with Crippen molar-refractivity contribution in [3.05, 3.63) is 119 Å². The lowest BCUT2D eigenvalue weighted by molar-refractivity contribution is -0.136. The van der Waals surface area contributed by atoms with E-state index in [9.17, 15) is 9.90 Å². The molecule has 1 amide bonds. The molecule has 6 nitrogen and oxygen atoms in total. The molecule has 0 aliphatic rings. The predicted molar refractivity (Wildman–Crippen MR) is 133 cm³/mol. The minimum Gasteiger partial charge on any atom is -0.497 e. The third kappa shape index (κ3) is 4.36. The van der Waals surface area contributed by atoms with Gasteiger partial charge >= 0.3 is 0 Å². The van der Waals surface area contributed by atoms with Crippen LogP contribution in [0.3, 0.4) is 0 Å². The van der Waals surface area contributed by atoms with E-state index < -0.39 is 11.5 Å². The maximum atomic E-state index is 13.2. The summed E-state index contributed by atoms with van der Waals surface area (Å²) in [5.74, 6) is 0.158. The fraction of sp³-hybridized carbons (Fsp3) is 0.143. The summed E-state index contributed by atoms with van der Waals surface area (Å²) in [6.45, 7) is 4.00. The first kappa shape index (κ1) is 23.0. The number of carbonyl (C=O) groups excluding carboxylic acids is 1. The maximum absolute atomic E-state index is 13.2. The van der Waals surface area contributed by atoms with Crippen molar-refractivity contribution < 1.29 is 14.6 Å². The van der Waals surface area contributed by atoms with Crippen LogP contribution >= 0.6 is 0 Å². The van der Waals surface area contributed by atoms with E-state index in [4.69, 9.17) is 4.74 Å². The highest BCUT2D eigenvalue weighted by atomic mass is 16.5. The number of hydrogen-bond acceptors (Lipinski definition) is 4. The number of nitrogens with zero attached hydrogens (tertiary/aromatic N) is 2. The summed E-state index contributed by atoms with van der Waals surface area (Å²) in [5, 5.41) is 15.7. The average Bonchev–Trinajstić information content (AvgIpc) is 3.17. The van der Waals surface area contributed by atoms with E-state index >= 15 is 0 Å². The van der Waals surface area contributed by atoms with Gasteiger partial charge in [0.15, 0.2) is 5.60 Å². The van der Waals surface area contributed by atoms with Gasteiger partial charge in [-0.2, -0.15) is 5.10 Å². The molecule has 0 spiro atoms. The number of rotatable bonds is 7. The van der Waals surface area contributed by atoms with E-state index in [-0.39, 0.29) is 0 Å². The van der Waals surface area contributed by atoms with E-state index in [1.54, 1.807) is 61.9 Å². The monoisotopic (exact) mass is 453 g/mol. The van der Waals surface area contributed by atoms with Crippen LogP contribution in [-0.2, 0) is 10.4 Å². The first-order chi connectivity index (χ1) is 16.4. The smallest absolute Gasteiger partial charge is 0.281 e. The highest BCUT2D eigenvalue weighted by Gasteiger charge is 2.39. The molecule has 3 aromatic carbocycles. The molecular weight excluding hydrogens is 426 g/mol. The fourth-order valence-electron chi connectivity index (χ4n) is 4.08. The molecule has 4 aromatic rings. The van der Waals surface area contributed by atoms with Crippen LogP contribution in [0.5, 0.6) is 5.75 Å².